The fourth-order valence-electron chi connectivity index (χ4n) is 1.70. The highest BCUT2D eigenvalue weighted by molar-refractivity contribution is 7.86. The fraction of sp³-hybridized carbons (Fsp3) is 0.500. The van der Waals surface area contributed by atoms with E-state index >= 15 is 0 Å². The zero-order valence-electron chi connectivity index (χ0n) is 10.2. The van der Waals surface area contributed by atoms with Gasteiger partial charge in [0.1, 0.15) is 11.5 Å². The Kier molecular flexibility index (Phi) is 4.08. The lowest BCUT2D eigenvalue weighted by atomic mass is 10.2. The van der Waals surface area contributed by atoms with Crippen molar-refractivity contribution in [2.24, 2.45) is 0 Å². The van der Waals surface area contributed by atoms with E-state index < -0.39 is 10.1 Å². The first-order chi connectivity index (χ1) is 8.53. The van der Waals surface area contributed by atoms with E-state index in [1.807, 2.05) is 0 Å². The maximum Gasteiger partial charge on any atom is 0.306 e. The third kappa shape index (κ3) is 4.19. The summed E-state index contributed by atoms with van der Waals surface area (Å²) < 4.78 is 37.6. The van der Waals surface area contributed by atoms with E-state index in [2.05, 4.69) is 0 Å². The van der Waals surface area contributed by atoms with Crippen molar-refractivity contribution in [1.29, 1.82) is 0 Å². The van der Waals surface area contributed by atoms with E-state index in [-0.39, 0.29) is 12.0 Å². The third-order valence-electron chi connectivity index (χ3n) is 2.48. The van der Waals surface area contributed by atoms with E-state index in [1.165, 1.54) is 0 Å². The molecule has 0 radical (unpaired) electrons. The predicted molar refractivity (Wildman–Crippen MR) is 66.1 cm³/mol. The first kappa shape index (κ1) is 13.2. The molecule has 0 N–H and O–H groups in total. The lowest BCUT2D eigenvalue weighted by Gasteiger charge is -2.23. The van der Waals surface area contributed by atoms with Gasteiger partial charge in [-0.1, -0.05) is 0 Å². The summed E-state index contributed by atoms with van der Waals surface area (Å²) in [5, 5.41) is 0. The van der Waals surface area contributed by atoms with Crippen LogP contribution in [0.3, 0.4) is 0 Å². The van der Waals surface area contributed by atoms with Crippen molar-refractivity contribution in [2.75, 3.05) is 12.9 Å². The summed E-state index contributed by atoms with van der Waals surface area (Å²) in [7, 11) is -3.48. The molecule has 1 atom stereocenters. The lowest BCUT2D eigenvalue weighted by molar-refractivity contribution is -0.105. The van der Waals surface area contributed by atoms with Crippen molar-refractivity contribution >= 4 is 10.1 Å². The number of rotatable bonds is 4. The molecule has 6 heteroatoms. The van der Waals surface area contributed by atoms with E-state index in [0.717, 1.165) is 32.1 Å². The SMILES string of the molecule is CS(=O)(=O)Oc1ccc(OC2CCCCO2)cc1. The van der Waals surface area contributed by atoms with Crippen LogP contribution in [-0.4, -0.2) is 27.6 Å². The van der Waals surface area contributed by atoms with Crippen LogP contribution >= 0.6 is 0 Å². The summed E-state index contributed by atoms with van der Waals surface area (Å²) in [6, 6.07) is 6.44. The smallest absolute Gasteiger partial charge is 0.306 e. The van der Waals surface area contributed by atoms with Gasteiger partial charge in [-0.05, 0) is 37.1 Å². The molecule has 1 aromatic carbocycles. The van der Waals surface area contributed by atoms with Gasteiger partial charge in [0.2, 0.25) is 0 Å². The molecule has 0 saturated carbocycles. The minimum atomic E-state index is -3.48. The molecule has 1 fully saturated rings. The molecule has 1 aliphatic rings. The minimum absolute atomic E-state index is 0.208. The van der Waals surface area contributed by atoms with Crippen LogP contribution in [0.5, 0.6) is 11.5 Å². The molecule has 1 unspecified atom stereocenters. The molecule has 1 heterocycles. The minimum Gasteiger partial charge on any atom is -0.465 e. The Bertz CT molecular complexity index is 474. The molecule has 1 aliphatic heterocycles. The second-order valence-corrected chi connectivity index (χ2v) is 5.75. The molecule has 2 rings (SSSR count). The molecular formula is C12H16O5S. The van der Waals surface area contributed by atoms with Crippen molar-refractivity contribution in [3.05, 3.63) is 24.3 Å². The summed E-state index contributed by atoms with van der Waals surface area (Å²) in [4.78, 5) is 0. The molecule has 1 aromatic rings. The number of hydrogen-bond donors (Lipinski definition) is 0. The third-order valence-corrected chi connectivity index (χ3v) is 2.97. The van der Waals surface area contributed by atoms with Gasteiger partial charge in [-0.15, -0.1) is 0 Å². The average Bonchev–Trinajstić information content (AvgIpc) is 2.31. The van der Waals surface area contributed by atoms with Gasteiger partial charge in [-0.25, -0.2) is 0 Å². The predicted octanol–water partition coefficient (Wildman–Crippen LogP) is 1.93. The van der Waals surface area contributed by atoms with E-state index in [4.69, 9.17) is 13.7 Å². The summed E-state index contributed by atoms with van der Waals surface area (Å²) >= 11 is 0. The Morgan fingerprint density at radius 3 is 2.39 bits per heavy atom. The van der Waals surface area contributed by atoms with Crippen LogP contribution in [0.1, 0.15) is 19.3 Å². The normalized spacial score (nSPS) is 20.4. The van der Waals surface area contributed by atoms with E-state index in [9.17, 15) is 8.42 Å². The quantitative estimate of drug-likeness (QED) is 0.784. The first-order valence-electron chi connectivity index (χ1n) is 5.81. The van der Waals surface area contributed by atoms with Crippen molar-refractivity contribution in [2.45, 2.75) is 25.6 Å². The molecule has 18 heavy (non-hydrogen) atoms. The maximum atomic E-state index is 10.9. The van der Waals surface area contributed by atoms with Gasteiger partial charge in [-0.2, -0.15) is 8.42 Å². The van der Waals surface area contributed by atoms with Crippen LogP contribution in [0.15, 0.2) is 24.3 Å². The highest BCUT2D eigenvalue weighted by Crippen LogP contribution is 2.22. The summed E-state index contributed by atoms with van der Waals surface area (Å²) in [5.41, 5.74) is 0. The second kappa shape index (κ2) is 5.58. The van der Waals surface area contributed by atoms with Gasteiger partial charge in [0.25, 0.3) is 0 Å². The Balaban J connectivity index is 1.94. The Morgan fingerprint density at radius 1 is 1.17 bits per heavy atom. The molecule has 0 aliphatic carbocycles. The molecule has 5 nitrogen and oxygen atoms in total. The zero-order valence-corrected chi connectivity index (χ0v) is 11.0. The first-order valence-corrected chi connectivity index (χ1v) is 7.62. The van der Waals surface area contributed by atoms with E-state index in [1.54, 1.807) is 24.3 Å². The Labute approximate surface area is 107 Å². The maximum absolute atomic E-state index is 10.9. The number of benzene rings is 1. The summed E-state index contributed by atoms with van der Waals surface area (Å²) in [5.74, 6) is 0.914. The van der Waals surface area contributed by atoms with Gasteiger partial charge in [0, 0.05) is 6.42 Å². The van der Waals surface area contributed by atoms with Gasteiger partial charge < -0.3 is 13.7 Å². The van der Waals surface area contributed by atoms with Gasteiger partial charge in [0.05, 0.1) is 12.9 Å². The Morgan fingerprint density at radius 2 is 1.83 bits per heavy atom. The summed E-state index contributed by atoms with van der Waals surface area (Å²) in [6.45, 7) is 0.722. The van der Waals surface area contributed by atoms with Crippen LogP contribution in [0.2, 0.25) is 0 Å². The van der Waals surface area contributed by atoms with Gasteiger partial charge in [0.15, 0.2) is 6.29 Å². The lowest BCUT2D eigenvalue weighted by Crippen LogP contribution is -2.24. The van der Waals surface area contributed by atoms with E-state index in [0.29, 0.717) is 5.75 Å². The van der Waals surface area contributed by atoms with Crippen molar-refractivity contribution in [3.63, 3.8) is 0 Å². The zero-order chi connectivity index (χ0) is 13.0. The molecule has 0 aromatic heterocycles. The average molecular weight is 272 g/mol. The Hall–Kier alpha value is -1.27. The van der Waals surface area contributed by atoms with Crippen LogP contribution < -0.4 is 8.92 Å². The molecule has 0 bridgehead atoms. The molecule has 1 saturated heterocycles. The van der Waals surface area contributed by atoms with Crippen molar-refractivity contribution < 1.29 is 22.1 Å². The number of hydrogen-bond acceptors (Lipinski definition) is 5. The summed E-state index contributed by atoms with van der Waals surface area (Å²) in [6.07, 6.45) is 3.84. The monoisotopic (exact) mass is 272 g/mol. The number of ether oxygens (including phenoxy) is 2. The fourth-order valence-corrected chi connectivity index (χ4v) is 2.17. The van der Waals surface area contributed by atoms with Crippen molar-refractivity contribution in [1.82, 2.24) is 0 Å². The van der Waals surface area contributed by atoms with Crippen molar-refractivity contribution in [3.8, 4) is 11.5 Å². The molecule has 0 spiro atoms. The highest BCUT2D eigenvalue weighted by Gasteiger charge is 2.15. The molecule has 0 amide bonds. The van der Waals surface area contributed by atoms with Crippen LogP contribution in [0, 0.1) is 0 Å². The molecule has 100 valence electrons. The standard InChI is InChI=1S/C12H16O5S/c1-18(13,14)17-11-7-5-10(6-8-11)16-12-4-2-3-9-15-12/h5-8,12H,2-4,9H2,1H3. The topological polar surface area (TPSA) is 61.8 Å². The van der Waals surface area contributed by atoms with Crippen LogP contribution in [0.4, 0.5) is 0 Å². The largest absolute Gasteiger partial charge is 0.465 e. The van der Waals surface area contributed by atoms with Gasteiger partial charge >= 0.3 is 10.1 Å². The highest BCUT2D eigenvalue weighted by atomic mass is 32.2. The van der Waals surface area contributed by atoms with Gasteiger partial charge in [-0.3, -0.25) is 0 Å². The van der Waals surface area contributed by atoms with Crippen LogP contribution in [-0.2, 0) is 14.9 Å². The molecular weight excluding hydrogens is 256 g/mol. The second-order valence-electron chi connectivity index (χ2n) is 4.17. The van der Waals surface area contributed by atoms with Crippen LogP contribution in [0.25, 0.3) is 0 Å².